The largest absolute Gasteiger partial charge is 0.493 e. The minimum atomic E-state index is -4.12. The van der Waals surface area contributed by atoms with Gasteiger partial charge in [0.2, 0.25) is 0 Å². The van der Waals surface area contributed by atoms with Gasteiger partial charge in [0.1, 0.15) is 4.90 Å². The Morgan fingerprint density at radius 1 is 0.909 bits per heavy atom. The van der Waals surface area contributed by atoms with Crippen LogP contribution in [-0.4, -0.2) is 35.7 Å². The summed E-state index contributed by atoms with van der Waals surface area (Å²) < 4.78 is 44.8. The van der Waals surface area contributed by atoms with Crippen LogP contribution in [0.3, 0.4) is 0 Å². The summed E-state index contributed by atoms with van der Waals surface area (Å²) in [5.74, 6) is -0.276. The van der Waals surface area contributed by atoms with Crippen LogP contribution < -0.4 is 13.8 Å². The number of nitrogens with zero attached hydrogens (tertiary/aromatic N) is 1. The minimum absolute atomic E-state index is 0.0710. The van der Waals surface area contributed by atoms with Gasteiger partial charge in [-0.3, -0.25) is 4.31 Å². The predicted octanol–water partition coefficient (Wildman–Crippen LogP) is 4.29. The average molecular weight is 468 g/mol. The molecule has 7 nitrogen and oxygen atoms in total. The Morgan fingerprint density at radius 3 is 2.12 bits per heavy atom. The first-order valence-electron chi connectivity index (χ1n) is 10.0. The van der Waals surface area contributed by atoms with Crippen molar-refractivity contribution in [2.45, 2.75) is 11.4 Å². The molecule has 0 bridgehead atoms. The van der Waals surface area contributed by atoms with Gasteiger partial charge in [-0.15, -0.1) is 0 Å². The first-order valence-corrected chi connectivity index (χ1v) is 11.5. The topological polar surface area (TPSA) is 82.1 Å². The molecule has 0 aromatic heterocycles. The van der Waals surface area contributed by atoms with E-state index >= 15 is 0 Å². The summed E-state index contributed by atoms with van der Waals surface area (Å²) in [6.45, 7) is 0.112. The van der Waals surface area contributed by atoms with Crippen LogP contribution in [0.1, 0.15) is 11.1 Å². The van der Waals surface area contributed by atoms with Gasteiger partial charge in [0, 0.05) is 6.08 Å². The molecule has 0 saturated carbocycles. The van der Waals surface area contributed by atoms with Crippen molar-refractivity contribution in [3.63, 3.8) is 0 Å². The van der Waals surface area contributed by atoms with Crippen LogP contribution in [0.5, 0.6) is 11.5 Å². The SMILES string of the molecule is COC(=O)/C=C/c1cc(OC)c(OC)c(S(=O)(=O)N(Cc2ccccc2)c2ccccc2)c1. The van der Waals surface area contributed by atoms with Gasteiger partial charge in [-0.05, 0) is 41.5 Å². The number of hydrogen-bond donors (Lipinski definition) is 0. The molecule has 0 spiro atoms. The fraction of sp³-hybridized carbons (Fsp3) is 0.160. The number of anilines is 1. The van der Waals surface area contributed by atoms with Crippen molar-refractivity contribution in [1.29, 1.82) is 0 Å². The fourth-order valence-electron chi connectivity index (χ4n) is 3.25. The van der Waals surface area contributed by atoms with Crippen LogP contribution in [0.15, 0.2) is 83.8 Å². The predicted molar refractivity (Wildman–Crippen MR) is 127 cm³/mol. The number of carbonyl (C=O) groups is 1. The van der Waals surface area contributed by atoms with E-state index in [0.29, 0.717) is 11.3 Å². The summed E-state index contributed by atoms with van der Waals surface area (Å²) in [5, 5.41) is 0. The molecule has 0 unspecified atom stereocenters. The molecule has 0 N–H and O–H groups in total. The second-order valence-electron chi connectivity index (χ2n) is 6.94. The smallest absolute Gasteiger partial charge is 0.330 e. The molecule has 0 saturated heterocycles. The van der Waals surface area contributed by atoms with Crippen molar-refractivity contribution < 1.29 is 27.4 Å². The van der Waals surface area contributed by atoms with Crippen molar-refractivity contribution in [3.8, 4) is 11.5 Å². The standard InChI is InChI=1S/C25H25NO6S/c1-30-22-16-20(14-15-24(27)31-2)17-23(25(22)32-3)33(28,29)26(21-12-8-5-9-13-21)18-19-10-6-4-7-11-19/h4-17H,18H2,1-3H3/b15-14+. The Labute approximate surface area is 193 Å². The lowest BCUT2D eigenvalue weighted by Crippen LogP contribution is -2.31. The number of para-hydroxylation sites is 1. The van der Waals surface area contributed by atoms with Crippen LogP contribution in [0.25, 0.3) is 6.08 Å². The Morgan fingerprint density at radius 2 is 1.55 bits per heavy atom. The highest BCUT2D eigenvalue weighted by Crippen LogP contribution is 2.39. The van der Waals surface area contributed by atoms with Gasteiger partial charge in [0.15, 0.2) is 11.5 Å². The fourth-order valence-corrected chi connectivity index (χ4v) is 4.91. The van der Waals surface area contributed by atoms with Crippen LogP contribution in [0, 0.1) is 0 Å². The van der Waals surface area contributed by atoms with E-state index in [2.05, 4.69) is 4.74 Å². The number of esters is 1. The summed E-state index contributed by atoms with van der Waals surface area (Å²) in [5.41, 5.74) is 1.75. The molecule has 0 fully saturated rings. The van der Waals surface area contributed by atoms with E-state index in [0.717, 1.165) is 5.56 Å². The number of ether oxygens (including phenoxy) is 3. The second-order valence-corrected chi connectivity index (χ2v) is 8.77. The lowest BCUT2D eigenvalue weighted by atomic mass is 10.2. The highest BCUT2D eigenvalue weighted by molar-refractivity contribution is 7.93. The number of benzene rings is 3. The molecular weight excluding hydrogens is 442 g/mol. The minimum Gasteiger partial charge on any atom is -0.493 e. The van der Waals surface area contributed by atoms with Crippen molar-refractivity contribution in [2.75, 3.05) is 25.6 Å². The highest BCUT2D eigenvalue weighted by Gasteiger charge is 2.30. The molecule has 0 aliphatic carbocycles. The molecule has 3 aromatic rings. The quantitative estimate of drug-likeness (QED) is 0.345. The van der Waals surface area contributed by atoms with Crippen molar-refractivity contribution in [2.24, 2.45) is 0 Å². The molecule has 0 radical (unpaired) electrons. The van der Waals surface area contributed by atoms with Crippen LogP contribution in [-0.2, 0) is 26.1 Å². The molecule has 8 heteroatoms. The van der Waals surface area contributed by atoms with Gasteiger partial charge in [0.05, 0.1) is 33.6 Å². The van der Waals surface area contributed by atoms with E-state index in [1.165, 1.54) is 43.9 Å². The van der Waals surface area contributed by atoms with Crippen LogP contribution in [0.2, 0.25) is 0 Å². The van der Waals surface area contributed by atoms with Gasteiger partial charge in [-0.25, -0.2) is 13.2 Å². The Balaban J connectivity index is 2.19. The summed E-state index contributed by atoms with van der Waals surface area (Å²) in [6.07, 6.45) is 2.66. The third kappa shape index (κ3) is 5.53. The molecule has 0 atom stereocenters. The monoisotopic (exact) mass is 467 g/mol. The van der Waals surface area contributed by atoms with E-state index in [4.69, 9.17) is 9.47 Å². The molecule has 172 valence electrons. The Hall–Kier alpha value is -3.78. The van der Waals surface area contributed by atoms with E-state index in [9.17, 15) is 13.2 Å². The lowest BCUT2D eigenvalue weighted by molar-refractivity contribution is -0.134. The summed E-state index contributed by atoms with van der Waals surface area (Å²) in [6, 6.07) is 21.1. The normalized spacial score (nSPS) is 11.2. The molecule has 0 aliphatic heterocycles. The first kappa shape index (κ1) is 23.9. The van der Waals surface area contributed by atoms with Crippen molar-refractivity contribution >= 4 is 27.8 Å². The van der Waals surface area contributed by atoms with Gasteiger partial charge in [0.25, 0.3) is 10.0 Å². The van der Waals surface area contributed by atoms with E-state index < -0.39 is 16.0 Å². The van der Waals surface area contributed by atoms with Gasteiger partial charge >= 0.3 is 5.97 Å². The Kier molecular flexibility index (Phi) is 7.74. The lowest BCUT2D eigenvalue weighted by Gasteiger charge is -2.26. The highest BCUT2D eigenvalue weighted by atomic mass is 32.2. The maximum absolute atomic E-state index is 14.0. The number of carbonyl (C=O) groups excluding carboxylic acids is 1. The molecule has 3 rings (SSSR count). The van der Waals surface area contributed by atoms with Gasteiger partial charge < -0.3 is 14.2 Å². The summed E-state index contributed by atoms with van der Waals surface area (Å²) >= 11 is 0. The zero-order chi connectivity index (χ0) is 23.8. The molecular formula is C25H25NO6S. The molecule has 0 aliphatic rings. The van der Waals surface area contributed by atoms with E-state index in [1.807, 2.05) is 36.4 Å². The maximum Gasteiger partial charge on any atom is 0.330 e. The van der Waals surface area contributed by atoms with E-state index in [1.54, 1.807) is 30.3 Å². The number of sulfonamides is 1. The zero-order valence-electron chi connectivity index (χ0n) is 18.6. The van der Waals surface area contributed by atoms with Crippen LogP contribution >= 0.6 is 0 Å². The zero-order valence-corrected chi connectivity index (χ0v) is 19.4. The van der Waals surface area contributed by atoms with Gasteiger partial charge in [-0.2, -0.15) is 0 Å². The number of methoxy groups -OCH3 is 3. The number of rotatable bonds is 9. The molecule has 33 heavy (non-hydrogen) atoms. The third-order valence-electron chi connectivity index (χ3n) is 4.86. The van der Waals surface area contributed by atoms with Gasteiger partial charge in [-0.1, -0.05) is 48.5 Å². The molecule has 0 amide bonds. The van der Waals surface area contributed by atoms with Crippen molar-refractivity contribution in [1.82, 2.24) is 0 Å². The number of hydrogen-bond acceptors (Lipinski definition) is 6. The van der Waals surface area contributed by atoms with Crippen molar-refractivity contribution in [3.05, 3.63) is 90.0 Å². The summed E-state index contributed by atoms with van der Waals surface area (Å²) in [4.78, 5) is 11.5. The van der Waals surface area contributed by atoms with E-state index in [-0.39, 0.29) is 22.9 Å². The third-order valence-corrected chi connectivity index (χ3v) is 6.64. The Bertz CT molecular complexity index is 1220. The van der Waals surface area contributed by atoms with Crippen LogP contribution in [0.4, 0.5) is 5.69 Å². The molecule has 0 heterocycles. The average Bonchev–Trinajstić information content (AvgIpc) is 2.86. The molecule has 3 aromatic carbocycles. The first-order chi connectivity index (χ1) is 15.9. The second kappa shape index (κ2) is 10.7. The summed E-state index contributed by atoms with van der Waals surface area (Å²) in [7, 11) is -0.0561. The maximum atomic E-state index is 14.0.